The van der Waals surface area contributed by atoms with Crippen molar-refractivity contribution >= 4 is 24.3 Å². The summed E-state index contributed by atoms with van der Waals surface area (Å²) in [6.45, 7) is 1.55. The van der Waals surface area contributed by atoms with Gasteiger partial charge in [-0.05, 0) is 48.0 Å². The monoisotopic (exact) mass is 483 g/mol. The van der Waals surface area contributed by atoms with E-state index in [1.165, 1.54) is 6.92 Å². The minimum absolute atomic E-state index is 0.186. The second-order valence-electron chi connectivity index (χ2n) is 8.44. The SMILES string of the molecule is CC(=O)Oc1ccc(N2COc3ccccc3C2P2(=O)Oc3ccccc3-c3ccccc32)cc1. The van der Waals surface area contributed by atoms with Gasteiger partial charge >= 0.3 is 13.3 Å². The van der Waals surface area contributed by atoms with E-state index >= 15 is 4.57 Å². The summed E-state index contributed by atoms with van der Waals surface area (Å²) in [5, 5.41) is 0.682. The highest BCUT2D eigenvalue weighted by atomic mass is 31.2. The van der Waals surface area contributed by atoms with Gasteiger partial charge in [0.15, 0.2) is 12.5 Å². The third-order valence-corrected chi connectivity index (χ3v) is 8.98. The van der Waals surface area contributed by atoms with Crippen molar-refractivity contribution in [1.29, 1.82) is 0 Å². The lowest BCUT2D eigenvalue weighted by atomic mass is 10.0. The number of esters is 1. The molecule has 2 aliphatic heterocycles. The minimum atomic E-state index is -3.54. The average Bonchev–Trinajstić information content (AvgIpc) is 2.88. The summed E-state index contributed by atoms with van der Waals surface area (Å²) < 4.78 is 32.9. The predicted molar refractivity (Wildman–Crippen MR) is 135 cm³/mol. The second-order valence-corrected chi connectivity index (χ2v) is 10.8. The largest absolute Gasteiger partial charge is 0.473 e. The van der Waals surface area contributed by atoms with E-state index in [4.69, 9.17) is 14.0 Å². The van der Waals surface area contributed by atoms with Gasteiger partial charge < -0.3 is 18.9 Å². The smallest absolute Gasteiger partial charge is 0.308 e. The van der Waals surface area contributed by atoms with Gasteiger partial charge in [-0.25, -0.2) is 0 Å². The molecule has 7 heteroatoms. The van der Waals surface area contributed by atoms with Crippen molar-refractivity contribution < 1.29 is 23.4 Å². The molecule has 2 unspecified atom stereocenters. The molecule has 0 radical (unpaired) electrons. The van der Waals surface area contributed by atoms with Crippen molar-refractivity contribution in [2.75, 3.05) is 11.6 Å². The molecule has 4 aromatic rings. The number of carbonyl (C=O) groups excluding carboxylic acids is 1. The van der Waals surface area contributed by atoms with Gasteiger partial charge in [-0.3, -0.25) is 9.36 Å². The number of hydrogen-bond acceptors (Lipinski definition) is 6. The molecule has 0 aliphatic carbocycles. The van der Waals surface area contributed by atoms with Crippen LogP contribution in [0.2, 0.25) is 0 Å². The number of anilines is 1. The third kappa shape index (κ3) is 3.58. The normalized spacial score (nSPS) is 19.9. The summed E-state index contributed by atoms with van der Waals surface area (Å²) in [7, 11) is -3.54. The van der Waals surface area contributed by atoms with E-state index < -0.39 is 13.2 Å². The number of nitrogens with zero attached hydrogens (tertiary/aromatic N) is 1. The van der Waals surface area contributed by atoms with Crippen LogP contribution in [-0.2, 0) is 9.36 Å². The molecule has 6 rings (SSSR count). The molecule has 6 nitrogen and oxygen atoms in total. The van der Waals surface area contributed by atoms with Gasteiger partial charge in [0.1, 0.15) is 17.2 Å². The molecule has 0 saturated heterocycles. The number of para-hydroxylation sites is 2. The van der Waals surface area contributed by atoms with Crippen molar-refractivity contribution in [1.82, 2.24) is 0 Å². The highest BCUT2D eigenvalue weighted by Gasteiger charge is 2.49. The molecule has 174 valence electrons. The van der Waals surface area contributed by atoms with Crippen molar-refractivity contribution in [3.8, 4) is 28.4 Å². The first-order valence-electron chi connectivity index (χ1n) is 11.3. The Morgan fingerprint density at radius 3 is 2.29 bits per heavy atom. The van der Waals surface area contributed by atoms with Crippen LogP contribution in [0.4, 0.5) is 5.69 Å². The molecule has 0 aromatic heterocycles. The Balaban J connectivity index is 1.53. The van der Waals surface area contributed by atoms with E-state index in [1.54, 1.807) is 12.1 Å². The maximum Gasteiger partial charge on any atom is 0.308 e. The summed E-state index contributed by atoms with van der Waals surface area (Å²) in [6, 6.07) is 30.2. The molecule has 2 heterocycles. The summed E-state index contributed by atoms with van der Waals surface area (Å²) >= 11 is 0. The van der Waals surface area contributed by atoms with Gasteiger partial charge in [0.2, 0.25) is 0 Å². The molecule has 0 fully saturated rings. The van der Waals surface area contributed by atoms with E-state index in [0.29, 0.717) is 22.6 Å². The number of carbonyl (C=O) groups is 1. The van der Waals surface area contributed by atoms with Crippen LogP contribution in [0.3, 0.4) is 0 Å². The molecule has 0 bridgehead atoms. The zero-order valence-electron chi connectivity index (χ0n) is 19.0. The van der Waals surface area contributed by atoms with Gasteiger partial charge in [-0.1, -0.05) is 54.6 Å². The van der Waals surface area contributed by atoms with Gasteiger partial charge in [0, 0.05) is 23.7 Å². The van der Waals surface area contributed by atoms with E-state index in [2.05, 4.69) is 0 Å². The first-order valence-corrected chi connectivity index (χ1v) is 13.0. The van der Waals surface area contributed by atoms with Crippen LogP contribution in [0.1, 0.15) is 18.3 Å². The van der Waals surface area contributed by atoms with Crippen LogP contribution < -0.4 is 24.2 Å². The van der Waals surface area contributed by atoms with Crippen LogP contribution in [0.25, 0.3) is 11.1 Å². The third-order valence-electron chi connectivity index (χ3n) is 6.25. The summed E-state index contributed by atoms with van der Waals surface area (Å²) in [5.41, 5.74) is 3.40. The van der Waals surface area contributed by atoms with Crippen molar-refractivity contribution in [3.05, 3.63) is 103 Å². The lowest BCUT2D eigenvalue weighted by Gasteiger charge is -2.43. The topological polar surface area (TPSA) is 65.1 Å². The zero-order valence-corrected chi connectivity index (χ0v) is 19.9. The Morgan fingerprint density at radius 2 is 1.51 bits per heavy atom. The van der Waals surface area contributed by atoms with Gasteiger partial charge in [-0.2, -0.15) is 0 Å². The van der Waals surface area contributed by atoms with Crippen LogP contribution in [-0.4, -0.2) is 12.7 Å². The van der Waals surface area contributed by atoms with Crippen molar-refractivity contribution in [2.45, 2.75) is 12.7 Å². The van der Waals surface area contributed by atoms with Gasteiger partial charge in [0.05, 0.1) is 5.30 Å². The van der Waals surface area contributed by atoms with Gasteiger partial charge in [0.25, 0.3) is 0 Å². The first kappa shape index (κ1) is 21.5. The van der Waals surface area contributed by atoms with Crippen LogP contribution in [0.5, 0.6) is 17.2 Å². The van der Waals surface area contributed by atoms with Crippen LogP contribution >= 0.6 is 7.37 Å². The molecular weight excluding hydrogens is 461 g/mol. The number of fused-ring (bicyclic) bond motifs is 4. The number of rotatable bonds is 3. The molecule has 0 amide bonds. The average molecular weight is 483 g/mol. The van der Waals surface area contributed by atoms with Crippen LogP contribution in [0.15, 0.2) is 97.1 Å². The second kappa shape index (κ2) is 8.33. The maximum atomic E-state index is 15.1. The van der Waals surface area contributed by atoms with Gasteiger partial charge in [-0.15, -0.1) is 0 Å². The number of ether oxygens (including phenoxy) is 2. The highest BCUT2D eigenvalue weighted by Crippen LogP contribution is 2.66. The Bertz CT molecular complexity index is 1480. The highest BCUT2D eigenvalue weighted by molar-refractivity contribution is 7.68. The lowest BCUT2D eigenvalue weighted by molar-refractivity contribution is -0.131. The first-order chi connectivity index (χ1) is 17.0. The minimum Gasteiger partial charge on any atom is -0.473 e. The molecule has 0 saturated carbocycles. The van der Waals surface area contributed by atoms with E-state index in [-0.39, 0.29) is 12.7 Å². The van der Waals surface area contributed by atoms with E-state index in [1.807, 2.05) is 89.8 Å². The molecule has 35 heavy (non-hydrogen) atoms. The van der Waals surface area contributed by atoms with E-state index in [9.17, 15) is 4.79 Å². The molecule has 2 atom stereocenters. The standard InChI is InChI=1S/C28H22NO5P/c1-19(30)33-21-16-14-20(15-17-21)29-18-32-25-11-5-3-10-24(25)28(29)35(31)27-13-7-4-9-23(27)22-8-2-6-12-26(22)34-35/h2-17,28H,18H2,1H3. The molecule has 0 spiro atoms. The van der Waals surface area contributed by atoms with Crippen molar-refractivity contribution in [3.63, 3.8) is 0 Å². The molecule has 4 aromatic carbocycles. The Kier molecular flexibility index (Phi) is 5.12. The molecule has 2 aliphatic rings. The Hall–Kier alpha value is -4.02. The quantitative estimate of drug-likeness (QED) is 0.198. The lowest BCUT2D eigenvalue weighted by Crippen LogP contribution is -2.40. The van der Waals surface area contributed by atoms with E-state index in [0.717, 1.165) is 22.4 Å². The maximum absolute atomic E-state index is 15.1. The molecular formula is C28H22NO5P. The molecule has 0 N–H and O–H groups in total. The Morgan fingerprint density at radius 1 is 0.857 bits per heavy atom. The number of benzene rings is 4. The Labute approximate surface area is 203 Å². The van der Waals surface area contributed by atoms with Crippen LogP contribution in [0, 0.1) is 0 Å². The summed E-state index contributed by atoms with van der Waals surface area (Å²) in [4.78, 5) is 13.3. The number of hydrogen-bond donors (Lipinski definition) is 0. The summed E-state index contributed by atoms with van der Waals surface area (Å²) in [6.07, 6.45) is 0. The summed E-state index contributed by atoms with van der Waals surface area (Å²) in [5.74, 6) is 0.711. The fourth-order valence-electron chi connectivity index (χ4n) is 4.78. The van der Waals surface area contributed by atoms with Crippen molar-refractivity contribution in [2.24, 2.45) is 0 Å². The fourth-order valence-corrected chi connectivity index (χ4v) is 7.66. The zero-order chi connectivity index (χ0) is 24.0. The predicted octanol–water partition coefficient (Wildman–Crippen LogP) is 6.13. The fraction of sp³-hybridized carbons (Fsp3) is 0.107.